The first-order valence-electron chi connectivity index (χ1n) is 8.61. The number of hydrogen-bond donors (Lipinski definition) is 0. The number of benzene rings is 2. The zero-order valence-corrected chi connectivity index (χ0v) is 18.6. The molecule has 0 N–H and O–H groups in total. The molecular formula is C24H18F6Zr. The van der Waals surface area contributed by atoms with Crippen LogP contribution in [0.3, 0.4) is 0 Å². The van der Waals surface area contributed by atoms with Gasteiger partial charge in [-0.1, -0.05) is 11.1 Å². The molecule has 2 aromatic rings. The van der Waals surface area contributed by atoms with Crippen LogP contribution in [-0.2, 0) is 38.6 Å². The topological polar surface area (TPSA) is 0 Å². The molecule has 0 bridgehead atoms. The van der Waals surface area contributed by atoms with Crippen molar-refractivity contribution in [2.75, 3.05) is 0 Å². The third kappa shape index (κ3) is 15.4. The Labute approximate surface area is 200 Å². The van der Waals surface area contributed by atoms with E-state index in [4.69, 9.17) is 0 Å². The predicted octanol–water partition coefficient (Wildman–Crippen LogP) is 7.05. The summed E-state index contributed by atoms with van der Waals surface area (Å²) >= 11 is 0. The Morgan fingerprint density at radius 3 is 0.742 bits per heavy atom. The van der Waals surface area contributed by atoms with Crippen LogP contribution in [0.2, 0.25) is 0 Å². The second-order valence-corrected chi connectivity index (χ2v) is 5.50. The Morgan fingerprint density at radius 2 is 0.613 bits per heavy atom. The molecule has 160 valence electrons. The number of hydrogen-bond acceptors (Lipinski definition) is 0. The fraction of sp³-hybridized carbons (Fsp3) is 0.0833. The molecule has 0 unspecified atom stereocenters. The zero-order valence-electron chi connectivity index (χ0n) is 16.2. The van der Waals surface area contributed by atoms with Crippen molar-refractivity contribution < 1.29 is 52.5 Å². The van der Waals surface area contributed by atoms with E-state index in [2.05, 4.69) is 12.1 Å². The van der Waals surface area contributed by atoms with Crippen LogP contribution in [0.1, 0.15) is 11.1 Å². The van der Waals surface area contributed by atoms with Crippen LogP contribution < -0.4 is 0 Å². The van der Waals surface area contributed by atoms with Gasteiger partial charge in [-0.2, -0.15) is 87.0 Å². The van der Waals surface area contributed by atoms with E-state index in [1.807, 2.05) is 64.2 Å². The van der Waals surface area contributed by atoms with Gasteiger partial charge >= 0.3 is 38.6 Å². The molecule has 10 radical (unpaired) electrons. The number of rotatable bonds is 0. The summed E-state index contributed by atoms with van der Waals surface area (Å²) in [5.74, 6) is 0. The summed E-state index contributed by atoms with van der Waals surface area (Å²) in [6.45, 7) is 0. The Hall–Kier alpha value is -1.10. The Bertz CT molecular complexity index is 571. The largest absolute Gasteiger partial charge is 2.00 e. The standard InChI is InChI=1S/2C7H4F3.2C5H5.Zr/c2*8-7(9,10)6-4-2-1-3-5-6;2*1-2-4-5-3-1;/h2*2-5H;2*1-5H;/q2*-1;;;+2. The Balaban J connectivity index is 0.000000401. The van der Waals surface area contributed by atoms with Gasteiger partial charge in [-0.05, 0) is 64.2 Å². The minimum Gasteiger partial charge on any atom is -0.184 e. The van der Waals surface area contributed by atoms with Gasteiger partial charge in [0, 0.05) is 0 Å². The molecule has 2 aromatic carbocycles. The molecule has 2 fully saturated rings. The summed E-state index contributed by atoms with van der Waals surface area (Å²) in [6.07, 6.45) is 11.5. The van der Waals surface area contributed by atoms with Gasteiger partial charge in [-0.25, -0.2) is 0 Å². The first kappa shape index (κ1) is 29.9. The third-order valence-electron chi connectivity index (χ3n) is 3.20. The quantitative estimate of drug-likeness (QED) is 0.263. The molecule has 0 nitrogen and oxygen atoms in total. The predicted molar refractivity (Wildman–Crippen MR) is 104 cm³/mol. The van der Waals surface area contributed by atoms with Crippen molar-refractivity contribution in [2.45, 2.75) is 12.4 Å². The molecule has 0 atom stereocenters. The maximum absolute atomic E-state index is 11.8. The van der Waals surface area contributed by atoms with Crippen molar-refractivity contribution in [3.8, 4) is 0 Å². The van der Waals surface area contributed by atoms with Crippen LogP contribution in [0.25, 0.3) is 0 Å². The van der Waals surface area contributed by atoms with Gasteiger partial charge in [-0.3, -0.25) is 0 Å². The monoisotopic (exact) mass is 510 g/mol. The summed E-state index contributed by atoms with van der Waals surface area (Å²) in [5, 5.41) is 0. The number of alkyl halides is 6. The summed E-state index contributed by atoms with van der Waals surface area (Å²) < 4.78 is 70.6. The van der Waals surface area contributed by atoms with E-state index in [1.54, 1.807) is 0 Å². The van der Waals surface area contributed by atoms with Crippen molar-refractivity contribution in [1.82, 2.24) is 0 Å². The molecule has 31 heavy (non-hydrogen) atoms. The van der Waals surface area contributed by atoms with Gasteiger partial charge in [0.15, 0.2) is 0 Å². The van der Waals surface area contributed by atoms with Crippen molar-refractivity contribution >= 4 is 0 Å². The van der Waals surface area contributed by atoms with Crippen molar-refractivity contribution in [1.29, 1.82) is 0 Å². The van der Waals surface area contributed by atoms with E-state index in [0.29, 0.717) is 0 Å². The van der Waals surface area contributed by atoms with E-state index in [1.165, 1.54) is 24.3 Å². The molecule has 4 rings (SSSR count). The molecule has 0 aliphatic heterocycles. The van der Waals surface area contributed by atoms with Crippen LogP contribution in [0, 0.1) is 76.3 Å². The maximum atomic E-state index is 11.8. The molecule has 2 aliphatic carbocycles. The Kier molecular flexibility index (Phi) is 15.9. The van der Waals surface area contributed by atoms with E-state index < -0.39 is 23.5 Å². The van der Waals surface area contributed by atoms with Crippen molar-refractivity contribution in [3.05, 3.63) is 136 Å². The van der Waals surface area contributed by atoms with Crippen LogP contribution in [0.15, 0.2) is 48.5 Å². The molecule has 0 heterocycles. The van der Waals surface area contributed by atoms with Crippen molar-refractivity contribution in [3.63, 3.8) is 0 Å². The van der Waals surface area contributed by atoms with Crippen LogP contribution in [-0.4, -0.2) is 0 Å². The van der Waals surface area contributed by atoms with Crippen LogP contribution >= 0.6 is 0 Å². The number of halogens is 6. The summed E-state index contributed by atoms with van der Waals surface area (Å²) in [7, 11) is 0. The fourth-order valence-corrected chi connectivity index (χ4v) is 1.79. The van der Waals surface area contributed by atoms with E-state index >= 15 is 0 Å². The fourth-order valence-electron chi connectivity index (χ4n) is 1.79. The SMILES string of the molecule is FC(F)(F)c1cc[c-]cc1.FC(F)(F)c1cc[c-]cc1.[CH]1[CH][CH][CH][CH]1.[CH]1[CH][CH][CH][CH]1.[Zr+2]. The minimum atomic E-state index is -4.23. The molecule has 0 saturated heterocycles. The Morgan fingerprint density at radius 1 is 0.419 bits per heavy atom. The van der Waals surface area contributed by atoms with Gasteiger partial charge in [0.1, 0.15) is 0 Å². The summed E-state index contributed by atoms with van der Waals surface area (Å²) in [4.78, 5) is 0. The molecule has 0 aromatic heterocycles. The van der Waals surface area contributed by atoms with E-state index in [-0.39, 0.29) is 26.2 Å². The molecule has 2 aliphatic rings. The average molecular weight is 512 g/mol. The minimum absolute atomic E-state index is 0. The van der Waals surface area contributed by atoms with Crippen LogP contribution in [0.5, 0.6) is 0 Å². The van der Waals surface area contributed by atoms with Crippen LogP contribution in [0.4, 0.5) is 26.3 Å². The normalized spacial score (nSPS) is 15.2. The molecule has 7 heteroatoms. The van der Waals surface area contributed by atoms with Gasteiger partial charge < -0.3 is 0 Å². The summed E-state index contributed by atoms with van der Waals surface area (Å²) in [6, 6.07) is 13.9. The maximum Gasteiger partial charge on any atom is 2.00 e. The first-order chi connectivity index (χ1) is 14.2. The van der Waals surface area contributed by atoms with Gasteiger partial charge in [0.25, 0.3) is 0 Å². The second kappa shape index (κ2) is 16.5. The second-order valence-electron chi connectivity index (χ2n) is 5.50. The average Bonchev–Trinajstić information content (AvgIpc) is 3.47. The van der Waals surface area contributed by atoms with E-state index in [0.717, 1.165) is 24.3 Å². The van der Waals surface area contributed by atoms with E-state index in [9.17, 15) is 26.3 Å². The molecule has 2 saturated carbocycles. The van der Waals surface area contributed by atoms with Gasteiger partial charge in [-0.15, -0.1) is 0 Å². The molecular weight excluding hydrogens is 493 g/mol. The summed E-state index contributed by atoms with van der Waals surface area (Å²) in [5.41, 5.74) is -1.27. The molecule has 0 spiro atoms. The molecule has 0 amide bonds. The third-order valence-corrected chi connectivity index (χ3v) is 3.20. The van der Waals surface area contributed by atoms with Gasteiger partial charge in [0.2, 0.25) is 0 Å². The van der Waals surface area contributed by atoms with Crippen molar-refractivity contribution in [2.24, 2.45) is 0 Å². The smallest absolute Gasteiger partial charge is 0.184 e. The first-order valence-corrected chi connectivity index (χ1v) is 8.61. The van der Waals surface area contributed by atoms with Gasteiger partial charge in [0.05, 0.1) is 0 Å². The zero-order chi connectivity index (χ0) is 22.3.